The van der Waals surface area contributed by atoms with E-state index in [2.05, 4.69) is 63.0 Å². The minimum Gasteiger partial charge on any atom is -0.491 e. The molecule has 0 aromatic heterocycles. The summed E-state index contributed by atoms with van der Waals surface area (Å²) in [5, 5.41) is 6.93. The van der Waals surface area contributed by atoms with Crippen molar-refractivity contribution in [3.63, 3.8) is 0 Å². The van der Waals surface area contributed by atoms with Gasteiger partial charge in [0.05, 0.1) is 12.6 Å². The van der Waals surface area contributed by atoms with Gasteiger partial charge in [-0.25, -0.2) is 0 Å². The molecular weight excluding hydrogens is 376 g/mol. The molecule has 6 nitrogen and oxygen atoms in total. The largest absolute Gasteiger partial charge is 0.491 e. The summed E-state index contributed by atoms with van der Waals surface area (Å²) in [6, 6.07) is 19.2. The molecule has 1 saturated heterocycles. The van der Waals surface area contributed by atoms with Crippen LogP contribution < -0.4 is 15.4 Å². The van der Waals surface area contributed by atoms with Crippen LogP contribution in [0, 0.1) is 0 Å². The van der Waals surface area contributed by atoms with E-state index < -0.39 is 0 Å². The van der Waals surface area contributed by atoms with E-state index in [1.165, 1.54) is 24.0 Å². The highest BCUT2D eigenvalue weighted by atomic mass is 16.5. The second-order valence-electron chi connectivity index (χ2n) is 7.46. The highest BCUT2D eigenvalue weighted by Gasteiger charge is 2.23. The van der Waals surface area contributed by atoms with E-state index in [1.807, 2.05) is 19.2 Å². The number of nitrogens with zero attached hydrogens (tertiary/aromatic N) is 2. The summed E-state index contributed by atoms with van der Waals surface area (Å²) in [5.41, 5.74) is 2.53. The Morgan fingerprint density at radius 3 is 2.40 bits per heavy atom. The second kappa shape index (κ2) is 12.2. The molecular formula is C24H34N4O2. The lowest BCUT2D eigenvalue weighted by molar-refractivity contribution is 0.146. The number of benzene rings is 2. The normalized spacial score (nSPS) is 15.7. The molecule has 0 aliphatic carbocycles. The first-order valence-electron chi connectivity index (χ1n) is 10.7. The summed E-state index contributed by atoms with van der Waals surface area (Å²) >= 11 is 0. The minimum atomic E-state index is 0.357. The molecule has 3 rings (SSSR count). The summed E-state index contributed by atoms with van der Waals surface area (Å²) in [6.45, 7) is 5.00. The highest BCUT2D eigenvalue weighted by Crippen LogP contribution is 2.24. The Balaban J connectivity index is 1.51. The molecule has 0 spiro atoms. The lowest BCUT2D eigenvalue weighted by Crippen LogP contribution is -2.42. The molecule has 2 aromatic rings. The number of methoxy groups -OCH3 is 1. The first-order chi connectivity index (χ1) is 14.8. The first kappa shape index (κ1) is 22.1. The molecule has 6 heteroatoms. The van der Waals surface area contributed by atoms with Gasteiger partial charge in [0.15, 0.2) is 5.96 Å². The molecule has 0 amide bonds. The molecule has 162 valence electrons. The topological polar surface area (TPSA) is 58.1 Å². The lowest BCUT2D eigenvalue weighted by Gasteiger charge is -2.29. The van der Waals surface area contributed by atoms with Gasteiger partial charge < -0.3 is 20.1 Å². The summed E-state index contributed by atoms with van der Waals surface area (Å²) in [4.78, 5) is 6.97. The van der Waals surface area contributed by atoms with Crippen LogP contribution in [0.5, 0.6) is 5.75 Å². The van der Waals surface area contributed by atoms with Gasteiger partial charge in [-0.3, -0.25) is 9.89 Å². The van der Waals surface area contributed by atoms with Crippen molar-refractivity contribution in [2.24, 2.45) is 4.99 Å². The van der Waals surface area contributed by atoms with Crippen LogP contribution in [0.15, 0.2) is 59.6 Å². The number of rotatable bonds is 10. The summed E-state index contributed by atoms with van der Waals surface area (Å²) in [5.74, 6) is 1.67. The fourth-order valence-corrected chi connectivity index (χ4v) is 3.73. The fraction of sp³-hybridized carbons (Fsp3) is 0.458. The monoisotopic (exact) mass is 410 g/mol. The Bertz CT molecular complexity index is 759. The smallest absolute Gasteiger partial charge is 0.191 e. The zero-order valence-electron chi connectivity index (χ0n) is 18.1. The van der Waals surface area contributed by atoms with Gasteiger partial charge in [0.25, 0.3) is 0 Å². The summed E-state index contributed by atoms with van der Waals surface area (Å²) < 4.78 is 10.6. The van der Waals surface area contributed by atoms with Crippen molar-refractivity contribution in [3.05, 3.63) is 65.7 Å². The van der Waals surface area contributed by atoms with Crippen LogP contribution in [-0.4, -0.2) is 57.9 Å². The first-order valence-corrected chi connectivity index (χ1v) is 10.7. The number of nitrogens with one attached hydrogen (secondary N) is 2. The maximum atomic E-state index is 5.62. The van der Waals surface area contributed by atoms with Crippen LogP contribution in [-0.2, 0) is 11.3 Å². The molecule has 2 N–H and O–H groups in total. The van der Waals surface area contributed by atoms with Crippen molar-refractivity contribution in [1.82, 2.24) is 15.5 Å². The van der Waals surface area contributed by atoms with Gasteiger partial charge in [0.1, 0.15) is 12.4 Å². The maximum Gasteiger partial charge on any atom is 0.191 e. The zero-order valence-corrected chi connectivity index (χ0v) is 18.1. The Morgan fingerprint density at radius 2 is 1.73 bits per heavy atom. The molecule has 2 aromatic carbocycles. The van der Waals surface area contributed by atoms with E-state index >= 15 is 0 Å². The number of guanidine groups is 1. The Kier molecular flexibility index (Phi) is 9.00. The number of aliphatic imine (C=N–C) groups is 1. The standard InChI is InChI=1S/C24H34N4O2/c1-25-24(26-18-20-10-12-22(13-11-20)30-17-16-29-2)27-19-23(28-14-6-7-15-28)21-8-4-3-5-9-21/h3-5,8-13,23H,6-7,14-19H2,1-2H3,(H2,25,26,27). The van der Waals surface area contributed by atoms with Crippen molar-refractivity contribution >= 4 is 5.96 Å². The van der Waals surface area contributed by atoms with Crippen LogP contribution in [0.4, 0.5) is 0 Å². The molecule has 1 heterocycles. The third-order valence-electron chi connectivity index (χ3n) is 5.39. The van der Waals surface area contributed by atoms with E-state index in [0.717, 1.165) is 31.3 Å². The molecule has 1 fully saturated rings. The average Bonchev–Trinajstić information content (AvgIpc) is 3.32. The molecule has 1 unspecified atom stereocenters. The second-order valence-corrected chi connectivity index (χ2v) is 7.46. The maximum absolute atomic E-state index is 5.62. The van der Waals surface area contributed by atoms with Crippen molar-refractivity contribution in [2.45, 2.75) is 25.4 Å². The van der Waals surface area contributed by atoms with E-state index in [9.17, 15) is 0 Å². The fourth-order valence-electron chi connectivity index (χ4n) is 3.73. The third kappa shape index (κ3) is 6.75. The van der Waals surface area contributed by atoms with Crippen molar-refractivity contribution < 1.29 is 9.47 Å². The Morgan fingerprint density at radius 1 is 1.00 bits per heavy atom. The van der Waals surface area contributed by atoms with E-state index in [-0.39, 0.29) is 0 Å². The SMILES string of the molecule is CN=C(NCc1ccc(OCCOC)cc1)NCC(c1ccccc1)N1CCCC1. The van der Waals surface area contributed by atoms with Gasteiger partial charge in [0.2, 0.25) is 0 Å². The molecule has 0 saturated carbocycles. The molecule has 1 atom stereocenters. The number of hydrogen-bond acceptors (Lipinski definition) is 4. The molecule has 30 heavy (non-hydrogen) atoms. The molecule has 0 radical (unpaired) electrons. The highest BCUT2D eigenvalue weighted by molar-refractivity contribution is 5.79. The predicted molar refractivity (Wildman–Crippen MR) is 122 cm³/mol. The van der Waals surface area contributed by atoms with Gasteiger partial charge in [-0.15, -0.1) is 0 Å². The van der Waals surface area contributed by atoms with E-state index in [1.54, 1.807) is 7.11 Å². The molecule has 1 aliphatic rings. The minimum absolute atomic E-state index is 0.357. The Hall–Kier alpha value is -2.57. The number of ether oxygens (including phenoxy) is 2. The van der Waals surface area contributed by atoms with Gasteiger partial charge in [0, 0.05) is 27.2 Å². The van der Waals surface area contributed by atoms with Crippen LogP contribution in [0.3, 0.4) is 0 Å². The van der Waals surface area contributed by atoms with Gasteiger partial charge in [-0.05, 0) is 49.2 Å². The molecule has 1 aliphatic heterocycles. The summed E-state index contributed by atoms with van der Waals surface area (Å²) in [6.07, 6.45) is 2.56. The van der Waals surface area contributed by atoms with Crippen molar-refractivity contribution in [2.75, 3.05) is 47.0 Å². The van der Waals surface area contributed by atoms with Crippen LogP contribution in [0.25, 0.3) is 0 Å². The average molecular weight is 411 g/mol. The number of likely N-dealkylation sites (tertiary alicyclic amines) is 1. The van der Waals surface area contributed by atoms with Crippen LogP contribution >= 0.6 is 0 Å². The lowest BCUT2D eigenvalue weighted by atomic mass is 10.1. The van der Waals surface area contributed by atoms with Crippen molar-refractivity contribution in [1.29, 1.82) is 0 Å². The number of hydrogen-bond donors (Lipinski definition) is 2. The van der Waals surface area contributed by atoms with E-state index in [0.29, 0.717) is 25.8 Å². The summed E-state index contributed by atoms with van der Waals surface area (Å²) in [7, 11) is 3.49. The van der Waals surface area contributed by atoms with Gasteiger partial charge >= 0.3 is 0 Å². The van der Waals surface area contributed by atoms with Crippen molar-refractivity contribution in [3.8, 4) is 5.75 Å². The van der Waals surface area contributed by atoms with Crippen LogP contribution in [0.2, 0.25) is 0 Å². The quantitative estimate of drug-likeness (QED) is 0.358. The third-order valence-corrected chi connectivity index (χ3v) is 5.39. The van der Waals surface area contributed by atoms with E-state index in [4.69, 9.17) is 9.47 Å². The van der Waals surface area contributed by atoms with Gasteiger partial charge in [-0.1, -0.05) is 42.5 Å². The Labute approximate surface area is 180 Å². The van der Waals surface area contributed by atoms with Crippen LogP contribution in [0.1, 0.15) is 30.0 Å². The molecule has 0 bridgehead atoms. The zero-order chi connectivity index (χ0) is 21.0. The van der Waals surface area contributed by atoms with Gasteiger partial charge in [-0.2, -0.15) is 0 Å². The predicted octanol–water partition coefficient (Wildman–Crippen LogP) is 3.21.